The number of nitrogens with two attached hydrogens (primary N) is 1. The van der Waals surface area contributed by atoms with Crippen LogP contribution in [0, 0.1) is 0 Å². The van der Waals surface area contributed by atoms with E-state index >= 15 is 0 Å². The molecule has 1 aliphatic rings. The van der Waals surface area contributed by atoms with E-state index in [0.717, 1.165) is 36.5 Å². The van der Waals surface area contributed by atoms with Crippen LogP contribution in [0.1, 0.15) is 24.8 Å². The van der Waals surface area contributed by atoms with Crippen molar-refractivity contribution in [3.05, 3.63) is 34.9 Å². The van der Waals surface area contributed by atoms with Crippen molar-refractivity contribution in [2.45, 2.75) is 31.3 Å². The third kappa shape index (κ3) is 2.71. The minimum absolute atomic E-state index is 0.0429. The van der Waals surface area contributed by atoms with E-state index in [1.54, 1.807) is 0 Å². The normalized spacial score (nSPS) is 18.5. The molecule has 0 spiro atoms. The molecule has 0 bridgehead atoms. The monoisotopic (exact) mass is 224 g/mol. The van der Waals surface area contributed by atoms with Gasteiger partial charge >= 0.3 is 0 Å². The van der Waals surface area contributed by atoms with Crippen molar-refractivity contribution >= 4 is 11.6 Å². The second kappa shape index (κ2) is 4.52. The van der Waals surface area contributed by atoms with Crippen LogP contribution in [0.15, 0.2) is 24.3 Å². The lowest BCUT2D eigenvalue weighted by atomic mass is 9.78. The Bertz CT molecular complexity index is 334. The highest BCUT2D eigenvalue weighted by molar-refractivity contribution is 6.31. The summed E-state index contributed by atoms with van der Waals surface area (Å²) in [5.41, 5.74) is 7.29. The lowest BCUT2D eigenvalue weighted by Gasteiger charge is -2.38. The smallest absolute Gasteiger partial charge is 0.0450 e. The standard InChI is InChI=1S/C12H17ClN2/c13-11-5-2-1-4-10(11)8-15-9-12(14)6-3-7-12/h1-2,4-5,15H,3,6-9,14H2. The molecule has 0 aliphatic heterocycles. The van der Waals surface area contributed by atoms with Crippen molar-refractivity contribution in [3.8, 4) is 0 Å². The van der Waals surface area contributed by atoms with Crippen LogP contribution in [0.2, 0.25) is 5.02 Å². The maximum Gasteiger partial charge on any atom is 0.0450 e. The molecule has 1 fully saturated rings. The number of benzene rings is 1. The number of nitrogens with one attached hydrogen (secondary N) is 1. The van der Waals surface area contributed by atoms with E-state index < -0.39 is 0 Å². The topological polar surface area (TPSA) is 38.0 Å². The number of halogens is 1. The summed E-state index contributed by atoms with van der Waals surface area (Å²) in [6, 6.07) is 7.91. The third-order valence-electron chi connectivity index (χ3n) is 3.10. The van der Waals surface area contributed by atoms with Crippen LogP contribution >= 0.6 is 11.6 Å². The second-order valence-corrected chi connectivity index (χ2v) is 4.82. The van der Waals surface area contributed by atoms with E-state index in [2.05, 4.69) is 5.32 Å². The lowest BCUT2D eigenvalue weighted by molar-refractivity contribution is 0.239. The Kier molecular flexibility index (Phi) is 3.29. The molecule has 0 aromatic heterocycles. The van der Waals surface area contributed by atoms with Gasteiger partial charge in [0.05, 0.1) is 0 Å². The predicted molar refractivity (Wildman–Crippen MR) is 63.9 cm³/mol. The fourth-order valence-corrected chi connectivity index (χ4v) is 2.10. The van der Waals surface area contributed by atoms with E-state index in [1.165, 1.54) is 6.42 Å². The van der Waals surface area contributed by atoms with Gasteiger partial charge in [-0.2, -0.15) is 0 Å². The van der Waals surface area contributed by atoms with Gasteiger partial charge in [-0.3, -0.25) is 0 Å². The summed E-state index contributed by atoms with van der Waals surface area (Å²) in [5.74, 6) is 0. The molecular formula is C12H17ClN2. The highest BCUT2D eigenvalue weighted by atomic mass is 35.5. The average Bonchev–Trinajstić information content (AvgIpc) is 2.18. The van der Waals surface area contributed by atoms with Gasteiger partial charge in [0.1, 0.15) is 0 Å². The summed E-state index contributed by atoms with van der Waals surface area (Å²) in [6.07, 6.45) is 3.55. The van der Waals surface area contributed by atoms with Crippen molar-refractivity contribution in [2.75, 3.05) is 6.54 Å². The first-order chi connectivity index (χ1) is 7.20. The van der Waals surface area contributed by atoms with Crippen molar-refractivity contribution < 1.29 is 0 Å². The highest BCUT2D eigenvalue weighted by Gasteiger charge is 2.31. The molecule has 1 saturated carbocycles. The van der Waals surface area contributed by atoms with Crippen LogP contribution in [-0.4, -0.2) is 12.1 Å². The van der Waals surface area contributed by atoms with Crippen LogP contribution < -0.4 is 11.1 Å². The number of rotatable bonds is 4. The molecule has 3 N–H and O–H groups in total. The maximum absolute atomic E-state index is 6.11. The summed E-state index contributed by atoms with van der Waals surface area (Å²) >= 11 is 6.05. The molecule has 0 saturated heterocycles. The lowest BCUT2D eigenvalue weighted by Crippen LogP contribution is -2.53. The van der Waals surface area contributed by atoms with Gasteiger partial charge in [-0.25, -0.2) is 0 Å². The molecular weight excluding hydrogens is 208 g/mol. The van der Waals surface area contributed by atoms with Crippen molar-refractivity contribution in [1.29, 1.82) is 0 Å². The predicted octanol–water partition coefficient (Wildman–Crippen LogP) is 2.31. The molecule has 1 aliphatic carbocycles. The van der Waals surface area contributed by atoms with Crippen LogP contribution in [0.3, 0.4) is 0 Å². The molecule has 0 radical (unpaired) electrons. The zero-order valence-corrected chi connectivity index (χ0v) is 9.56. The van der Waals surface area contributed by atoms with E-state index in [-0.39, 0.29) is 5.54 Å². The number of hydrogen-bond donors (Lipinski definition) is 2. The Hall–Kier alpha value is -0.570. The van der Waals surface area contributed by atoms with Crippen molar-refractivity contribution in [2.24, 2.45) is 5.73 Å². The zero-order chi connectivity index (χ0) is 10.7. The Morgan fingerprint density at radius 3 is 2.67 bits per heavy atom. The van der Waals surface area contributed by atoms with E-state index in [0.29, 0.717) is 0 Å². The van der Waals surface area contributed by atoms with Crippen LogP contribution in [0.5, 0.6) is 0 Å². The summed E-state index contributed by atoms with van der Waals surface area (Å²) in [7, 11) is 0. The Morgan fingerprint density at radius 2 is 2.07 bits per heavy atom. The summed E-state index contributed by atoms with van der Waals surface area (Å²) < 4.78 is 0. The number of hydrogen-bond acceptors (Lipinski definition) is 2. The Morgan fingerprint density at radius 1 is 1.33 bits per heavy atom. The average molecular weight is 225 g/mol. The third-order valence-corrected chi connectivity index (χ3v) is 3.47. The van der Waals surface area contributed by atoms with E-state index in [4.69, 9.17) is 17.3 Å². The molecule has 0 unspecified atom stereocenters. The van der Waals surface area contributed by atoms with Gasteiger partial charge in [-0.1, -0.05) is 29.8 Å². The Labute approximate surface area is 95.8 Å². The van der Waals surface area contributed by atoms with Gasteiger partial charge < -0.3 is 11.1 Å². The molecule has 0 atom stereocenters. The van der Waals surface area contributed by atoms with Gasteiger partial charge in [0.25, 0.3) is 0 Å². The van der Waals surface area contributed by atoms with Crippen LogP contribution in [-0.2, 0) is 6.54 Å². The zero-order valence-electron chi connectivity index (χ0n) is 8.80. The highest BCUT2D eigenvalue weighted by Crippen LogP contribution is 2.28. The van der Waals surface area contributed by atoms with E-state index in [9.17, 15) is 0 Å². The Balaban J connectivity index is 1.81. The first-order valence-corrected chi connectivity index (χ1v) is 5.80. The summed E-state index contributed by atoms with van der Waals surface area (Å²) in [5, 5.41) is 4.20. The first-order valence-electron chi connectivity index (χ1n) is 5.43. The molecule has 1 aromatic carbocycles. The molecule has 15 heavy (non-hydrogen) atoms. The summed E-state index contributed by atoms with van der Waals surface area (Å²) in [6.45, 7) is 1.69. The second-order valence-electron chi connectivity index (χ2n) is 4.41. The minimum atomic E-state index is 0.0429. The van der Waals surface area contributed by atoms with Gasteiger partial charge in [-0.05, 0) is 30.9 Å². The molecule has 3 heteroatoms. The molecule has 1 aromatic rings. The van der Waals surface area contributed by atoms with E-state index in [1.807, 2.05) is 24.3 Å². The molecule has 0 heterocycles. The maximum atomic E-state index is 6.11. The van der Waals surface area contributed by atoms with Crippen molar-refractivity contribution in [1.82, 2.24) is 5.32 Å². The van der Waals surface area contributed by atoms with Gasteiger partial charge in [0.2, 0.25) is 0 Å². The fraction of sp³-hybridized carbons (Fsp3) is 0.500. The molecule has 2 nitrogen and oxygen atoms in total. The van der Waals surface area contributed by atoms with Crippen molar-refractivity contribution in [3.63, 3.8) is 0 Å². The van der Waals surface area contributed by atoms with Gasteiger partial charge in [0, 0.05) is 23.7 Å². The quantitative estimate of drug-likeness (QED) is 0.824. The molecule has 2 rings (SSSR count). The SMILES string of the molecule is NC1(CNCc2ccccc2Cl)CCC1. The molecule has 0 amide bonds. The molecule has 82 valence electrons. The first kappa shape index (κ1) is 10.9. The van der Waals surface area contributed by atoms with Crippen LogP contribution in [0.4, 0.5) is 0 Å². The largest absolute Gasteiger partial charge is 0.324 e. The van der Waals surface area contributed by atoms with Crippen LogP contribution in [0.25, 0.3) is 0 Å². The minimum Gasteiger partial charge on any atom is -0.324 e. The fourth-order valence-electron chi connectivity index (χ4n) is 1.90. The summed E-state index contributed by atoms with van der Waals surface area (Å²) in [4.78, 5) is 0. The van der Waals surface area contributed by atoms with Gasteiger partial charge in [0.15, 0.2) is 0 Å². The van der Waals surface area contributed by atoms with Gasteiger partial charge in [-0.15, -0.1) is 0 Å².